The third-order valence-electron chi connectivity index (χ3n) is 4.53. The molecule has 3 aromatic rings. The van der Waals surface area contributed by atoms with Crippen LogP contribution in [-0.2, 0) is 21.4 Å². The van der Waals surface area contributed by atoms with Crippen LogP contribution in [0.4, 0.5) is 4.39 Å². The monoisotopic (exact) mass is 430 g/mol. The number of amides is 1. The molecule has 0 bridgehead atoms. The second kappa shape index (κ2) is 9.19. The molecule has 1 heterocycles. The van der Waals surface area contributed by atoms with Crippen molar-refractivity contribution in [3.8, 4) is 5.69 Å². The average Bonchev–Trinajstić information content (AvgIpc) is 3.25. The lowest BCUT2D eigenvalue weighted by atomic mass is 10.0. The van der Waals surface area contributed by atoms with E-state index in [4.69, 9.17) is 0 Å². The molecule has 30 heavy (non-hydrogen) atoms. The van der Waals surface area contributed by atoms with E-state index in [9.17, 15) is 17.6 Å². The Labute approximate surface area is 175 Å². The van der Waals surface area contributed by atoms with Gasteiger partial charge in [-0.25, -0.2) is 17.5 Å². The molecule has 1 aromatic heterocycles. The van der Waals surface area contributed by atoms with E-state index in [0.717, 1.165) is 23.4 Å². The van der Waals surface area contributed by atoms with E-state index in [1.54, 1.807) is 24.7 Å². The Bertz CT molecular complexity index is 1100. The highest BCUT2D eigenvalue weighted by Crippen LogP contribution is 2.16. The molecule has 1 atom stereocenters. The van der Waals surface area contributed by atoms with E-state index in [1.807, 2.05) is 36.5 Å². The van der Waals surface area contributed by atoms with E-state index in [0.29, 0.717) is 0 Å². The molecule has 158 valence electrons. The van der Waals surface area contributed by atoms with Crippen LogP contribution in [0.2, 0.25) is 0 Å². The van der Waals surface area contributed by atoms with Gasteiger partial charge in [0.1, 0.15) is 16.8 Å². The van der Waals surface area contributed by atoms with Crippen LogP contribution in [0.3, 0.4) is 0 Å². The van der Waals surface area contributed by atoms with Gasteiger partial charge in [0, 0.05) is 18.9 Å². The molecule has 2 N–H and O–H groups in total. The van der Waals surface area contributed by atoms with Crippen molar-refractivity contribution in [2.24, 2.45) is 5.92 Å². The Kier molecular flexibility index (Phi) is 6.63. The van der Waals surface area contributed by atoms with Crippen molar-refractivity contribution in [2.75, 3.05) is 0 Å². The van der Waals surface area contributed by atoms with Crippen LogP contribution in [0.25, 0.3) is 5.69 Å². The first kappa shape index (κ1) is 21.7. The Morgan fingerprint density at radius 2 is 1.80 bits per heavy atom. The molecule has 3 rings (SSSR count). The summed E-state index contributed by atoms with van der Waals surface area (Å²) in [7, 11) is -4.19. The highest BCUT2D eigenvalue weighted by Gasteiger charge is 2.29. The largest absolute Gasteiger partial charge is 0.351 e. The molecule has 0 aliphatic carbocycles. The number of hydrogen-bond donors (Lipinski definition) is 2. The van der Waals surface area contributed by atoms with Gasteiger partial charge in [-0.2, -0.15) is 9.82 Å². The summed E-state index contributed by atoms with van der Waals surface area (Å²) >= 11 is 0. The van der Waals surface area contributed by atoms with Gasteiger partial charge >= 0.3 is 0 Å². The quantitative estimate of drug-likeness (QED) is 0.575. The Hall–Kier alpha value is -3.04. The van der Waals surface area contributed by atoms with Gasteiger partial charge < -0.3 is 5.32 Å². The zero-order valence-corrected chi connectivity index (χ0v) is 17.4. The molecule has 0 aliphatic rings. The van der Waals surface area contributed by atoms with Gasteiger partial charge in [0.25, 0.3) is 0 Å². The Balaban J connectivity index is 1.66. The number of halogens is 1. The first-order valence-corrected chi connectivity index (χ1v) is 10.9. The number of nitrogens with zero attached hydrogens (tertiary/aromatic N) is 2. The second-order valence-corrected chi connectivity index (χ2v) is 8.79. The maximum absolute atomic E-state index is 13.9. The summed E-state index contributed by atoms with van der Waals surface area (Å²) in [4.78, 5) is 12.2. The summed E-state index contributed by atoms with van der Waals surface area (Å²) in [5.41, 5.74) is 1.73. The van der Waals surface area contributed by atoms with Gasteiger partial charge in [-0.05, 0) is 41.8 Å². The fourth-order valence-corrected chi connectivity index (χ4v) is 4.30. The second-order valence-electron chi connectivity index (χ2n) is 7.11. The Morgan fingerprint density at radius 3 is 2.40 bits per heavy atom. The minimum Gasteiger partial charge on any atom is -0.351 e. The molecule has 9 heteroatoms. The van der Waals surface area contributed by atoms with Gasteiger partial charge in [0.15, 0.2) is 0 Å². The maximum Gasteiger partial charge on any atom is 0.244 e. The molecule has 0 spiro atoms. The molecule has 0 radical (unpaired) electrons. The number of benzene rings is 2. The fourth-order valence-electron chi connectivity index (χ4n) is 2.87. The molecule has 0 saturated heterocycles. The van der Waals surface area contributed by atoms with Crippen molar-refractivity contribution >= 4 is 15.9 Å². The maximum atomic E-state index is 13.9. The van der Waals surface area contributed by atoms with Gasteiger partial charge in [0.05, 0.1) is 5.69 Å². The normalized spacial score (nSPS) is 12.7. The number of carbonyl (C=O) groups is 1. The molecule has 1 amide bonds. The molecule has 0 unspecified atom stereocenters. The average molecular weight is 431 g/mol. The van der Waals surface area contributed by atoms with Crippen molar-refractivity contribution in [3.05, 3.63) is 78.4 Å². The predicted molar refractivity (Wildman–Crippen MR) is 111 cm³/mol. The fraction of sp³-hybridized carbons (Fsp3) is 0.238. The van der Waals surface area contributed by atoms with Crippen molar-refractivity contribution < 1.29 is 17.6 Å². The molecule has 7 nitrogen and oxygen atoms in total. The van der Waals surface area contributed by atoms with E-state index >= 15 is 0 Å². The van der Waals surface area contributed by atoms with Crippen LogP contribution in [0.5, 0.6) is 0 Å². The van der Waals surface area contributed by atoms with Crippen LogP contribution in [0, 0.1) is 11.7 Å². The summed E-state index contributed by atoms with van der Waals surface area (Å²) in [6, 6.07) is 13.3. The summed E-state index contributed by atoms with van der Waals surface area (Å²) in [6.45, 7) is 3.66. The first-order valence-electron chi connectivity index (χ1n) is 9.41. The van der Waals surface area contributed by atoms with Crippen LogP contribution in [0.1, 0.15) is 19.4 Å². The SMILES string of the molecule is CC(C)[C@H](NS(=O)(=O)c1ccccc1F)C(=O)NCc1ccc(-n2cccn2)cc1. The number of aromatic nitrogens is 2. The number of hydrogen-bond acceptors (Lipinski definition) is 4. The molecule has 0 fully saturated rings. The standard InChI is InChI=1S/C21H23FN4O3S/c1-15(2)20(25-30(28,29)19-7-4-3-6-18(19)22)21(27)23-14-16-8-10-17(11-9-16)26-13-5-12-24-26/h3-13,15,20,25H,14H2,1-2H3,(H,23,27)/t20-/m0/s1. The number of nitrogens with one attached hydrogen (secondary N) is 2. The highest BCUT2D eigenvalue weighted by atomic mass is 32.2. The van der Waals surface area contributed by atoms with E-state index in [2.05, 4.69) is 15.1 Å². The van der Waals surface area contributed by atoms with Crippen molar-refractivity contribution in [1.29, 1.82) is 0 Å². The number of sulfonamides is 1. The lowest BCUT2D eigenvalue weighted by Crippen LogP contribution is -2.49. The van der Waals surface area contributed by atoms with Crippen LogP contribution in [0.15, 0.2) is 71.9 Å². The zero-order valence-electron chi connectivity index (χ0n) is 16.6. The number of carbonyl (C=O) groups excluding carboxylic acids is 1. The predicted octanol–water partition coefficient (Wildman–Crippen LogP) is 2.63. The van der Waals surface area contributed by atoms with Crippen molar-refractivity contribution in [3.63, 3.8) is 0 Å². The van der Waals surface area contributed by atoms with E-state index in [1.165, 1.54) is 12.1 Å². The smallest absolute Gasteiger partial charge is 0.244 e. The lowest BCUT2D eigenvalue weighted by Gasteiger charge is -2.22. The molecule has 0 saturated carbocycles. The van der Waals surface area contributed by atoms with Crippen molar-refractivity contribution in [1.82, 2.24) is 19.8 Å². The summed E-state index contributed by atoms with van der Waals surface area (Å²) in [5.74, 6) is -1.69. The summed E-state index contributed by atoms with van der Waals surface area (Å²) < 4.78 is 43.1. The molecular formula is C21H23FN4O3S. The van der Waals surface area contributed by atoms with Gasteiger partial charge in [-0.1, -0.05) is 38.1 Å². The zero-order chi connectivity index (χ0) is 21.7. The molecular weight excluding hydrogens is 407 g/mol. The van der Waals surface area contributed by atoms with Crippen LogP contribution < -0.4 is 10.0 Å². The van der Waals surface area contributed by atoms with E-state index in [-0.39, 0.29) is 12.5 Å². The van der Waals surface area contributed by atoms with Crippen LogP contribution in [-0.4, -0.2) is 30.1 Å². The van der Waals surface area contributed by atoms with Crippen LogP contribution >= 0.6 is 0 Å². The van der Waals surface area contributed by atoms with Crippen molar-refractivity contribution in [2.45, 2.75) is 31.3 Å². The Morgan fingerprint density at radius 1 is 1.10 bits per heavy atom. The minimum atomic E-state index is -4.19. The summed E-state index contributed by atoms with van der Waals surface area (Å²) in [6.07, 6.45) is 3.51. The molecule has 0 aliphatic heterocycles. The topological polar surface area (TPSA) is 93.1 Å². The number of rotatable bonds is 8. The third kappa shape index (κ3) is 5.11. The summed E-state index contributed by atoms with van der Waals surface area (Å²) in [5, 5.41) is 6.89. The first-order chi connectivity index (χ1) is 14.3. The van der Waals surface area contributed by atoms with E-state index < -0.39 is 32.7 Å². The molecule has 2 aromatic carbocycles. The van der Waals surface area contributed by atoms with Gasteiger partial charge in [-0.15, -0.1) is 0 Å². The highest BCUT2D eigenvalue weighted by molar-refractivity contribution is 7.89. The third-order valence-corrected chi connectivity index (χ3v) is 6.00. The lowest BCUT2D eigenvalue weighted by molar-refractivity contribution is -0.123. The van der Waals surface area contributed by atoms with Gasteiger partial charge in [-0.3, -0.25) is 4.79 Å². The van der Waals surface area contributed by atoms with Gasteiger partial charge in [0.2, 0.25) is 15.9 Å². The minimum absolute atomic E-state index is 0.225.